The minimum absolute atomic E-state index is 0.0113. The number of nitrogens with zero attached hydrogens (tertiary/aromatic N) is 1. The average molecular weight is 329 g/mol. The van der Waals surface area contributed by atoms with E-state index in [1.807, 2.05) is 6.07 Å². The van der Waals surface area contributed by atoms with E-state index >= 15 is 0 Å². The first-order chi connectivity index (χ1) is 10.1. The molecule has 0 bridgehead atoms. The van der Waals surface area contributed by atoms with Crippen molar-refractivity contribution in [1.29, 1.82) is 0 Å². The predicted octanol–water partition coefficient (Wildman–Crippen LogP) is 4.98. The Balaban J connectivity index is 1.92. The Morgan fingerprint density at radius 1 is 1.10 bits per heavy atom. The highest BCUT2D eigenvalue weighted by Gasteiger charge is 2.12. The first-order valence-electron chi connectivity index (χ1n) is 5.95. The van der Waals surface area contributed by atoms with Crippen LogP contribution >= 0.6 is 22.9 Å². The molecule has 0 aliphatic carbocycles. The Bertz CT molecular complexity index is 819. The van der Waals surface area contributed by atoms with E-state index in [0.29, 0.717) is 22.3 Å². The number of hydrogen-bond donors (Lipinski definition) is 1. The summed E-state index contributed by atoms with van der Waals surface area (Å²) in [7, 11) is 0. The molecular formula is C14H8ClF3N2S. The molecule has 1 heterocycles. The lowest BCUT2D eigenvalue weighted by molar-refractivity contribution is 0.490. The lowest BCUT2D eigenvalue weighted by Gasteiger charge is -2.10. The lowest BCUT2D eigenvalue weighted by atomic mass is 10.2. The van der Waals surface area contributed by atoms with E-state index in [1.165, 1.54) is 11.3 Å². The zero-order chi connectivity index (χ0) is 15.0. The van der Waals surface area contributed by atoms with Crippen LogP contribution in [0.2, 0.25) is 5.02 Å². The summed E-state index contributed by atoms with van der Waals surface area (Å²) in [6, 6.07) is 4.88. The molecule has 0 aliphatic rings. The van der Waals surface area contributed by atoms with Crippen molar-refractivity contribution in [3.63, 3.8) is 0 Å². The second-order valence-electron chi connectivity index (χ2n) is 4.33. The Morgan fingerprint density at radius 3 is 2.67 bits per heavy atom. The van der Waals surface area contributed by atoms with E-state index in [2.05, 4.69) is 10.3 Å². The molecule has 7 heteroatoms. The highest BCUT2D eigenvalue weighted by Crippen LogP contribution is 2.32. The summed E-state index contributed by atoms with van der Waals surface area (Å²) in [6.45, 7) is -0.0284. The van der Waals surface area contributed by atoms with Crippen LogP contribution in [0.15, 0.2) is 29.8 Å². The summed E-state index contributed by atoms with van der Waals surface area (Å²) < 4.78 is 40.6. The molecule has 21 heavy (non-hydrogen) atoms. The molecule has 0 saturated heterocycles. The quantitative estimate of drug-likeness (QED) is 0.686. The van der Waals surface area contributed by atoms with E-state index in [1.54, 1.807) is 11.6 Å². The summed E-state index contributed by atoms with van der Waals surface area (Å²) in [5.74, 6) is -3.12. The lowest BCUT2D eigenvalue weighted by Crippen LogP contribution is -2.04. The molecular weight excluding hydrogens is 321 g/mol. The van der Waals surface area contributed by atoms with Crippen LogP contribution in [0.5, 0.6) is 0 Å². The molecule has 0 radical (unpaired) electrons. The molecule has 0 amide bonds. The minimum atomic E-state index is -1.21. The Morgan fingerprint density at radius 2 is 1.86 bits per heavy atom. The van der Waals surface area contributed by atoms with Crippen molar-refractivity contribution in [2.75, 3.05) is 5.32 Å². The molecule has 1 aromatic heterocycles. The topological polar surface area (TPSA) is 24.9 Å². The molecule has 0 spiro atoms. The molecule has 0 aliphatic heterocycles. The fraction of sp³-hybridized carbons (Fsp3) is 0.0714. The Kier molecular flexibility index (Phi) is 3.73. The van der Waals surface area contributed by atoms with Crippen molar-refractivity contribution in [1.82, 2.24) is 4.98 Å². The largest absolute Gasteiger partial charge is 0.378 e. The number of fused-ring (bicyclic) bond motifs is 1. The molecule has 2 aromatic carbocycles. The maximum absolute atomic E-state index is 13.6. The molecule has 3 aromatic rings. The molecule has 1 N–H and O–H groups in total. The number of rotatable bonds is 3. The summed E-state index contributed by atoms with van der Waals surface area (Å²) in [4.78, 5) is 4.19. The van der Waals surface area contributed by atoms with Crippen molar-refractivity contribution in [3.05, 3.63) is 57.8 Å². The van der Waals surface area contributed by atoms with Gasteiger partial charge in [0.25, 0.3) is 0 Å². The van der Waals surface area contributed by atoms with E-state index in [4.69, 9.17) is 11.6 Å². The van der Waals surface area contributed by atoms with Gasteiger partial charge in [-0.1, -0.05) is 11.6 Å². The third kappa shape index (κ3) is 2.69. The van der Waals surface area contributed by atoms with E-state index < -0.39 is 17.5 Å². The van der Waals surface area contributed by atoms with Crippen molar-refractivity contribution < 1.29 is 13.2 Å². The van der Waals surface area contributed by atoms with Gasteiger partial charge in [-0.15, -0.1) is 11.3 Å². The van der Waals surface area contributed by atoms with E-state index in [-0.39, 0.29) is 12.1 Å². The van der Waals surface area contributed by atoms with Gasteiger partial charge in [0.05, 0.1) is 20.9 Å². The van der Waals surface area contributed by atoms with Crippen LogP contribution in [0.3, 0.4) is 0 Å². The van der Waals surface area contributed by atoms with Gasteiger partial charge < -0.3 is 5.32 Å². The number of halogens is 4. The third-order valence-corrected chi connectivity index (χ3v) is 4.11. The van der Waals surface area contributed by atoms with Gasteiger partial charge in [0.15, 0.2) is 11.6 Å². The number of benzene rings is 2. The monoisotopic (exact) mass is 328 g/mol. The highest BCUT2D eigenvalue weighted by molar-refractivity contribution is 7.16. The van der Waals surface area contributed by atoms with Gasteiger partial charge in [-0.2, -0.15) is 0 Å². The molecule has 108 valence electrons. The van der Waals surface area contributed by atoms with Gasteiger partial charge in [-0.25, -0.2) is 18.2 Å². The Hall–Kier alpha value is -1.79. The maximum Gasteiger partial charge on any atom is 0.161 e. The number of nitrogens with one attached hydrogen (secondary N) is 1. The Labute approximate surface area is 127 Å². The van der Waals surface area contributed by atoms with Crippen LogP contribution in [0.4, 0.5) is 18.9 Å². The zero-order valence-electron chi connectivity index (χ0n) is 10.5. The van der Waals surface area contributed by atoms with Crippen molar-refractivity contribution >= 4 is 38.8 Å². The fourth-order valence-electron chi connectivity index (χ4n) is 1.96. The zero-order valence-corrected chi connectivity index (χ0v) is 12.0. The van der Waals surface area contributed by atoms with Gasteiger partial charge in [0.2, 0.25) is 0 Å². The average Bonchev–Trinajstić information content (AvgIpc) is 2.91. The first kappa shape index (κ1) is 14.2. The molecule has 0 unspecified atom stereocenters. The smallest absolute Gasteiger partial charge is 0.161 e. The fourth-order valence-corrected chi connectivity index (χ4v) is 2.86. The van der Waals surface area contributed by atoms with Crippen molar-refractivity contribution in [2.45, 2.75) is 6.54 Å². The van der Waals surface area contributed by atoms with Crippen LogP contribution in [-0.2, 0) is 6.54 Å². The summed E-state index contributed by atoms with van der Waals surface area (Å²) in [5.41, 5.74) is 2.89. The maximum atomic E-state index is 13.6. The molecule has 2 nitrogen and oxygen atoms in total. The van der Waals surface area contributed by atoms with Gasteiger partial charge in [-0.3, -0.25) is 0 Å². The highest BCUT2D eigenvalue weighted by atomic mass is 35.5. The van der Waals surface area contributed by atoms with Crippen LogP contribution < -0.4 is 5.32 Å². The first-order valence-corrected chi connectivity index (χ1v) is 7.21. The predicted molar refractivity (Wildman–Crippen MR) is 78.3 cm³/mol. The minimum Gasteiger partial charge on any atom is -0.378 e. The number of hydrogen-bond acceptors (Lipinski definition) is 3. The van der Waals surface area contributed by atoms with Gasteiger partial charge in [0, 0.05) is 18.2 Å². The molecule has 0 fully saturated rings. The second-order valence-corrected chi connectivity index (χ2v) is 5.63. The van der Waals surface area contributed by atoms with Gasteiger partial charge >= 0.3 is 0 Å². The SMILES string of the molecule is Fc1cc(F)c(CNc2c(Cl)ccc3scnc23)cc1F. The van der Waals surface area contributed by atoms with Gasteiger partial charge in [-0.05, 0) is 18.2 Å². The molecule has 0 atom stereocenters. The van der Waals surface area contributed by atoms with Crippen LogP contribution in [0.25, 0.3) is 10.2 Å². The van der Waals surface area contributed by atoms with Crippen molar-refractivity contribution in [3.8, 4) is 0 Å². The normalized spacial score (nSPS) is 11.0. The summed E-state index contributed by atoms with van der Waals surface area (Å²) >= 11 is 7.54. The summed E-state index contributed by atoms with van der Waals surface area (Å²) in [6.07, 6.45) is 0. The number of aromatic nitrogens is 1. The standard InChI is InChI=1S/C14H8ClF3N2S/c15-8-1-2-12-14(20-6-21-12)13(8)19-5-7-3-10(17)11(18)4-9(7)16/h1-4,6,19H,5H2. The van der Waals surface area contributed by atoms with Crippen LogP contribution in [-0.4, -0.2) is 4.98 Å². The number of thiazole rings is 1. The molecule has 3 rings (SSSR count). The summed E-state index contributed by atoms with van der Waals surface area (Å²) in [5, 5.41) is 3.36. The van der Waals surface area contributed by atoms with Crippen LogP contribution in [0, 0.1) is 17.5 Å². The number of anilines is 1. The van der Waals surface area contributed by atoms with Gasteiger partial charge in [0.1, 0.15) is 11.3 Å². The third-order valence-electron chi connectivity index (χ3n) is 3.00. The van der Waals surface area contributed by atoms with E-state index in [0.717, 1.165) is 10.8 Å². The van der Waals surface area contributed by atoms with E-state index in [9.17, 15) is 13.2 Å². The van der Waals surface area contributed by atoms with Crippen molar-refractivity contribution in [2.24, 2.45) is 0 Å². The molecule has 0 saturated carbocycles. The van der Waals surface area contributed by atoms with Crippen LogP contribution in [0.1, 0.15) is 5.56 Å². The second kappa shape index (κ2) is 5.54.